The summed E-state index contributed by atoms with van der Waals surface area (Å²) in [5.74, 6) is -0.736. The van der Waals surface area contributed by atoms with Gasteiger partial charge < -0.3 is 10.0 Å². The van der Waals surface area contributed by atoms with Gasteiger partial charge in [-0.1, -0.05) is 13.8 Å². The lowest BCUT2D eigenvalue weighted by Gasteiger charge is -2.29. The minimum Gasteiger partial charge on any atom is -0.478 e. The number of thiophene rings is 1. The zero-order valence-corrected chi connectivity index (χ0v) is 13.8. The number of nitrogens with zero attached hydrogens (tertiary/aromatic N) is 1. The number of carbonyl (C=O) groups is 1. The van der Waals surface area contributed by atoms with Gasteiger partial charge in [0.1, 0.15) is 0 Å². The lowest BCUT2D eigenvalue weighted by Crippen LogP contribution is -2.22. The van der Waals surface area contributed by atoms with Crippen LogP contribution in [0.1, 0.15) is 52.4 Å². The third-order valence-corrected chi connectivity index (χ3v) is 5.42. The third kappa shape index (κ3) is 3.41. The summed E-state index contributed by atoms with van der Waals surface area (Å²) in [5, 5.41) is 9.59. The standard InChI is InChI=1S/C16H25NO2S/c1-16(2)8-7-12-11(10-16)14(15(18)19)13(20-12)6-5-9-17(3)4/h5-10H2,1-4H3,(H,18,19). The average molecular weight is 295 g/mol. The smallest absolute Gasteiger partial charge is 0.337 e. The Hall–Kier alpha value is -0.870. The predicted molar refractivity (Wildman–Crippen MR) is 84.0 cm³/mol. The van der Waals surface area contributed by atoms with Gasteiger partial charge in [0.25, 0.3) is 0 Å². The SMILES string of the molecule is CN(C)CCCc1sc2c(c1C(=O)O)CC(C)(C)CC2. The summed E-state index contributed by atoms with van der Waals surface area (Å²) in [5.41, 5.74) is 1.98. The first kappa shape index (κ1) is 15.5. The highest BCUT2D eigenvalue weighted by atomic mass is 32.1. The zero-order chi connectivity index (χ0) is 14.9. The van der Waals surface area contributed by atoms with Gasteiger partial charge in [-0.2, -0.15) is 0 Å². The molecule has 20 heavy (non-hydrogen) atoms. The fourth-order valence-electron chi connectivity index (χ4n) is 2.96. The molecule has 1 aliphatic carbocycles. The fraction of sp³-hybridized carbons (Fsp3) is 0.688. The lowest BCUT2D eigenvalue weighted by atomic mass is 9.76. The molecule has 1 heterocycles. The van der Waals surface area contributed by atoms with Crippen LogP contribution in [0.4, 0.5) is 0 Å². The molecule has 1 aromatic heterocycles. The Kier molecular flexibility index (Phi) is 4.55. The number of hydrogen-bond acceptors (Lipinski definition) is 3. The highest BCUT2D eigenvalue weighted by molar-refractivity contribution is 7.12. The molecule has 1 N–H and O–H groups in total. The van der Waals surface area contributed by atoms with Crippen LogP contribution in [0.5, 0.6) is 0 Å². The minimum absolute atomic E-state index is 0.235. The number of carboxylic acids is 1. The molecule has 0 atom stereocenters. The highest BCUT2D eigenvalue weighted by Gasteiger charge is 2.32. The van der Waals surface area contributed by atoms with Crippen LogP contribution in [-0.4, -0.2) is 36.6 Å². The Labute approximate surface area is 125 Å². The van der Waals surface area contributed by atoms with Crippen LogP contribution in [0, 0.1) is 5.41 Å². The third-order valence-electron chi connectivity index (χ3n) is 4.07. The molecule has 0 aliphatic heterocycles. The van der Waals surface area contributed by atoms with E-state index in [9.17, 15) is 9.90 Å². The Morgan fingerprint density at radius 2 is 2.10 bits per heavy atom. The molecule has 0 fully saturated rings. The molecule has 1 aliphatic rings. The Balaban J connectivity index is 2.25. The number of carboxylic acid groups (broad SMARTS) is 1. The van der Waals surface area contributed by atoms with Crippen molar-refractivity contribution in [2.45, 2.75) is 46.0 Å². The van der Waals surface area contributed by atoms with Crippen LogP contribution < -0.4 is 0 Å². The van der Waals surface area contributed by atoms with E-state index in [0.29, 0.717) is 5.56 Å². The summed E-state index contributed by atoms with van der Waals surface area (Å²) in [6, 6.07) is 0. The topological polar surface area (TPSA) is 40.5 Å². The van der Waals surface area contributed by atoms with E-state index in [0.717, 1.165) is 49.1 Å². The fourth-order valence-corrected chi connectivity index (χ4v) is 4.31. The van der Waals surface area contributed by atoms with E-state index >= 15 is 0 Å². The summed E-state index contributed by atoms with van der Waals surface area (Å²) in [4.78, 5) is 16.2. The summed E-state index contributed by atoms with van der Waals surface area (Å²) in [7, 11) is 4.11. The van der Waals surface area contributed by atoms with Crippen LogP contribution >= 0.6 is 11.3 Å². The zero-order valence-electron chi connectivity index (χ0n) is 13.0. The molecule has 0 saturated carbocycles. The van der Waals surface area contributed by atoms with E-state index in [-0.39, 0.29) is 5.41 Å². The summed E-state index contributed by atoms with van der Waals surface area (Å²) < 4.78 is 0. The second-order valence-electron chi connectivity index (χ2n) is 6.85. The van der Waals surface area contributed by atoms with Gasteiger partial charge in [-0.05, 0) is 63.7 Å². The molecule has 0 amide bonds. The second kappa shape index (κ2) is 5.86. The van der Waals surface area contributed by atoms with E-state index < -0.39 is 5.97 Å². The van der Waals surface area contributed by atoms with E-state index in [4.69, 9.17) is 0 Å². The predicted octanol–water partition coefficient (Wildman–Crippen LogP) is 3.46. The molecule has 0 saturated heterocycles. The summed E-state index contributed by atoms with van der Waals surface area (Å²) in [6.45, 7) is 5.49. The van der Waals surface area contributed by atoms with Crippen molar-refractivity contribution in [2.75, 3.05) is 20.6 Å². The van der Waals surface area contributed by atoms with E-state index in [2.05, 4.69) is 32.8 Å². The number of hydrogen-bond donors (Lipinski definition) is 1. The molecular weight excluding hydrogens is 270 g/mol. The van der Waals surface area contributed by atoms with Gasteiger partial charge in [0.2, 0.25) is 0 Å². The maximum Gasteiger partial charge on any atom is 0.337 e. The van der Waals surface area contributed by atoms with E-state index in [1.54, 1.807) is 11.3 Å². The molecule has 0 unspecified atom stereocenters. The number of rotatable bonds is 5. The van der Waals surface area contributed by atoms with Gasteiger partial charge in [-0.15, -0.1) is 11.3 Å². The number of aryl methyl sites for hydroxylation is 2. The van der Waals surface area contributed by atoms with Crippen molar-refractivity contribution in [3.63, 3.8) is 0 Å². The highest BCUT2D eigenvalue weighted by Crippen LogP contribution is 2.41. The molecule has 112 valence electrons. The Bertz CT molecular complexity index is 503. The van der Waals surface area contributed by atoms with Crippen molar-refractivity contribution in [1.82, 2.24) is 4.90 Å². The molecule has 1 aromatic rings. The van der Waals surface area contributed by atoms with Gasteiger partial charge in [-0.25, -0.2) is 4.79 Å². The molecule has 4 heteroatoms. The molecule has 0 aromatic carbocycles. The first-order valence-corrected chi connectivity index (χ1v) is 8.13. The largest absolute Gasteiger partial charge is 0.478 e. The van der Waals surface area contributed by atoms with E-state index in [1.165, 1.54) is 4.88 Å². The van der Waals surface area contributed by atoms with Crippen LogP contribution in [0.15, 0.2) is 0 Å². The monoisotopic (exact) mass is 295 g/mol. The first-order valence-electron chi connectivity index (χ1n) is 7.31. The van der Waals surface area contributed by atoms with Crippen LogP contribution in [0.2, 0.25) is 0 Å². The number of fused-ring (bicyclic) bond motifs is 1. The van der Waals surface area contributed by atoms with E-state index in [1.807, 2.05) is 0 Å². The van der Waals surface area contributed by atoms with Crippen molar-refractivity contribution >= 4 is 17.3 Å². The molecule has 0 bridgehead atoms. The lowest BCUT2D eigenvalue weighted by molar-refractivity contribution is 0.0694. The minimum atomic E-state index is -0.736. The summed E-state index contributed by atoms with van der Waals surface area (Å²) >= 11 is 1.74. The maximum absolute atomic E-state index is 11.7. The molecule has 0 radical (unpaired) electrons. The maximum atomic E-state index is 11.7. The summed E-state index contributed by atoms with van der Waals surface area (Å²) in [6.07, 6.45) is 5.03. The average Bonchev–Trinajstić information content (AvgIpc) is 2.64. The molecule has 3 nitrogen and oxygen atoms in total. The van der Waals surface area contributed by atoms with Crippen LogP contribution in [-0.2, 0) is 19.3 Å². The van der Waals surface area contributed by atoms with Crippen LogP contribution in [0.3, 0.4) is 0 Å². The van der Waals surface area contributed by atoms with Crippen molar-refractivity contribution < 1.29 is 9.90 Å². The first-order chi connectivity index (χ1) is 9.30. The molecular formula is C16H25NO2S. The van der Waals surface area contributed by atoms with Crippen molar-refractivity contribution in [1.29, 1.82) is 0 Å². The quantitative estimate of drug-likeness (QED) is 0.904. The van der Waals surface area contributed by atoms with Gasteiger partial charge >= 0.3 is 5.97 Å². The van der Waals surface area contributed by atoms with Gasteiger partial charge in [0.05, 0.1) is 5.56 Å². The van der Waals surface area contributed by atoms with Gasteiger partial charge in [0, 0.05) is 9.75 Å². The normalized spacial score (nSPS) is 17.2. The number of aromatic carboxylic acids is 1. The van der Waals surface area contributed by atoms with Crippen molar-refractivity contribution in [3.05, 3.63) is 20.9 Å². The Morgan fingerprint density at radius 1 is 1.40 bits per heavy atom. The molecule has 2 rings (SSSR count). The van der Waals surface area contributed by atoms with Crippen molar-refractivity contribution in [2.24, 2.45) is 5.41 Å². The second-order valence-corrected chi connectivity index (χ2v) is 8.04. The molecule has 0 spiro atoms. The van der Waals surface area contributed by atoms with Crippen molar-refractivity contribution in [3.8, 4) is 0 Å². The van der Waals surface area contributed by atoms with Gasteiger partial charge in [0.15, 0.2) is 0 Å². The van der Waals surface area contributed by atoms with Gasteiger partial charge in [-0.3, -0.25) is 0 Å². The Morgan fingerprint density at radius 3 is 2.70 bits per heavy atom. The van der Waals surface area contributed by atoms with Crippen LogP contribution in [0.25, 0.3) is 0 Å².